The van der Waals surface area contributed by atoms with Crippen LogP contribution in [0.3, 0.4) is 0 Å². The van der Waals surface area contributed by atoms with E-state index in [2.05, 4.69) is 16.0 Å². The molecule has 4 rings (SSSR count). The summed E-state index contributed by atoms with van der Waals surface area (Å²) in [5, 5.41) is 9.74. The summed E-state index contributed by atoms with van der Waals surface area (Å²) in [5.41, 5.74) is 2.51. The maximum atomic E-state index is 13.2. The van der Waals surface area contributed by atoms with Crippen LogP contribution in [0.1, 0.15) is 31.2 Å². The standard InChI is InChI=1S/C27H29ClN4O2/c28-25-14-8-7-9-20(25)19-29-26(33)30-21-15-17-22(18-16-21)31-27(34)32(23-10-3-1-4-11-23)24-12-5-2-6-13-24/h1-14,21-22H,15-19H2,(H,31,34)(H2,29,30,33). The van der Waals surface area contributed by atoms with Gasteiger partial charge in [-0.25, -0.2) is 9.59 Å². The van der Waals surface area contributed by atoms with E-state index < -0.39 is 0 Å². The molecule has 0 radical (unpaired) electrons. The van der Waals surface area contributed by atoms with E-state index in [0.717, 1.165) is 42.6 Å². The molecule has 3 aromatic rings. The van der Waals surface area contributed by atoms with Gasteiger partial charge < -0.3 is 16.0 Å². The van der Waals surface area contributed by atoms with Gasteiger partial charge in [0, 0.05) is 23.7 Å². The molecule has 0 unspecified atom stereocenters. The minimum atomic E-state index is -0.202. The molecule has 3 N–H and O–H groups in total. The van der Waals surface area contributed by atoms with Crippen LogP contribution in [-0.2, 0) is 6.54 Å². The van der Waals surface area contributed by atoms with Gasteiger partial charge in [-0.2, -0.15) is 0 Å². The van der Waals surface area contributed by atoms with Gasteiger partial charge in [0.15, 0.2) is 0 Å². The summed E-state index contributed by atoms with van der Waals surface area (Å²) >= 11 is 6.15. The van der Waals surface area contributed by atoms with Crippen LogP contribution in [0, 0.1) is 0 Å². The van der Waals surface area contributed by atoms with E-state index in [1.165, 1.54) is 0 Å². The number of para-hydroxylation sites is 2. The number of carbonyl (C=O) groups excluding carboxylic acids is 2. The SMILES string of the molecule is O=C(NCc1ccccc1Cl)NC1CCC(NC(=O)N(c2ccccc2)c2ccccc2)CC1. The maximum absolute atomic E-state index is 13.2. The Morgan fingerprint density at radius 1 is 0.735 bits per heavy atom. The van der Waals surface area contributed by atoms with Gasteiger partial charge in [0.05, 0.1) is 11.4 Å². The highest BCUT2D eigenvalue weighted by atomic mass is 35.5. The Labute approximate surface area is 205 Å². The molecule has 1 fully saturated rings. The number of amides is 4. The molecule has 0 heterocycles. The lowest BCUT2D eigenvalue weighted by molar-refractivity contribution is 0.224. The summed E-state index contributed by atoms with van der Waals surface area (Å²) in [6, 6.07) is 26.5. The summed E-state index contributed by atoms with van der Waals surface area (Å²) in [7, 11) is 0. The van der Waals surface area contributed by atoms with Gasteiger partial charge in [-0.1, -0.05) is 66.2 Å². The predicted molar refractivity (Wildman–Crippen MR) is 136 cm³/mol. The van der Waals surface area contributed by atoms with Crippen LogP contribution in [0.4, 0.5) is 21.0 Å². The van der Waals surface area contributed by atoms with Crippen molar-refractivity contribution in [2.45, 2.75) is 44.3 Å². The number of benzene rings is 3. The average Bonchev–Trinajstić information content (AvgIpc) is 2.86. The van der Waals surface area contributed by atoms with Gasteiger partial charge >= 0.3 is 12.1 Å². The quantitative estimate of drug-likeness (QED) is 0.408. The van der Waals surface area contributed by atoms with Gasteiger partial charge in [-0.05, 0) is 61.6 Å². The molecule has 176 valence electrons. The van der Waals surface area contributed by atoms with Crippen LogP contribution in [0.25, 0.3) is 0 Å². The zero-order chi connectivity index (χ0) is 23.8. The van der Waals surface area contributed by atoms with Crippen molar-refractivity contribution in [1.29, 1.82) is 0 Å². The maximum Gasteiger partial charge on any atom is 0.326 e. The molecule has 0 bridgehead atoms. The highest BCUT2D eigenvalue weighted by molar-refractivity contribution is 6.31. The zero-order valence-corrected chi connectivity index (χ0v) is 19.7. The van der Waals surface area contributed by atoms with E-state index in [9.17, 15) is 9.59 Å². The molecule has 6 nitrogen and oxygen atoms in total. The van der Waals surface area contributed by atoms with Crippen LogP contribution in [0.15, 0.2) is 84.9 Å². The lowest BCUT2D eigenvalue weighted by Crippen LogP contribution is -2.48. The first kappa shape index (κ1) is 23.6. The summed E-state index contributed by atoms with van der Waals surface area (Å²) < 4.78 is 0. The molecular formula is C27H29ClN4O2. The summed E-state index contributed by atoms with van der Waals surface area (Å²) in [6.45, 7) is 0.381. The summed E-state index contributed by atoms with van der Waals surface area (Å²) in [6.07, 6.45) is 3.22. The number of rotatable bonds is 6. The second-order valence-electron chi connectivity index (χ2n) is 8.42. The van der Waals surface area contributed by atoms with E-state index in [0.29, 0.717) is 11.6 Å². The Kier molecular flexibility index (Phi) is 8.04. The number of nitrogens with one attached hydrogen (secondary N) is 3. The Hall–Kier alpha value is -3.51. The number of hydrogen-bond donors (Lipinski definition) is 3. The molecule has 0 aromatic heterocycles. The monoisotopic (exact) mass is 476 g/mol. The first-order valence-electron chi connectivity index (χ1n) is 11.6. The number of urea groups is 2. The molecule has 7 heteroatoms. The fraction of sp³-hybridized carbons (Fsp3) is 0.259. The first-order valence-corrected chi connectivity index (χ1v) is 12.0. The Morgan fingerprint density at radius 2 is 1.24 bits per heavy atom. The molecule has 34 heavy (non-hydrogen) atoms. The third kappa shape index (κ3) is 6.29. The lowest BCUT2D eigenvalue weighted by Gasteiger charge is -2.32. The fourth-order valence-corrected chi connectivity index (χ4v) is 4.42. The zero-order valence-electron chi connectivity index (χ0n) is 18.9. The highest BCUT2D eigenvalue weighted by Crippen LogP contribution is 2.26. The van der Waals surface area contributed by atoms with Crippen LogP contribution in [-0.4, -0.2) is 24.1 Å². The van der Waals surface area contributed by atoms with Crippen molar-refractivity contribution < 1.29 is 9.59 Å². The summed E-state index contributed by atoms with van der Waals surface area (Å²) in [4.78, 5) is 27.3. The van der Waals surface area contributed by atoms with Crippen molar-refractivity contribution in [2.75, 3.05) is 4.90 Å². The average molecular weight is 477 g/mol. The summed E-state index contributed by atoms with van der Waals surface area (Å²) in [5.74, 6) is 0. The molecule has 0 spiro atoms. The van der Waals surface area contributed by atoms with Gasteiger partial charge in [0.2, 0.25) is 0 Å². The molecule has 1 aliphatic rings. The number of anilines is 2. The van der Waals surface area contributed by atoms with Crippen molar-refractivity contribution in [1.82, 2.24) is 16.0 Å². The van der Waals surface area contributed by atoms with E-state index in [1.807, 2.05) is 84.9 Å². The van der Waals surface area contributed by atoms with Crippen molar-refractivity contribution >= 4 is 35.0 Å². The Bertz CT molecular complexity index is 1050. The molecule has 3 aromatic carbocycles. The largest absolute Gasteiger partial charge is 0.335 e. The second-order valence-corrected chi connectivity index (χ2v) is 8.83. The third-order valence-electron chi connectivity index (χ3n) is 6.02. The molecule has 1 aliphatic carbocycles. The van der Waals surface area contributed by atoms with Gasteiger partial charge in [0.1, 0.15) is 0 Å². The minimum absolute atomic E-state index is 0.0617. The molecule has 0 aliphatic heterocycles. The van der Waals surface area contributed by atoms with Crippen LogP contribution >= 0.6 is 11.6 Å². The first-order chi connectivity index (χ1) is 16.6. The van der Waals surface area contributed by atoms with Crippen LogP contribution < -0.4 is 20.9 Å². The second kappa shape index (κ2) is 11.6. The smallest absolute Gasteiger partial charge is 0.326 e. The number of nitrogens with zero attached hydrogens (tertiary/aromatic N) is 1. The fourth-order valence-electron chi connectivity index (χ4n) is 4.21. The Balaban J connectivity index is 1.28. The van der Waals surface area contributed by atoms with Crippen LogP contribution in [0.2, 0.25) is 5.02 Å². The minimum Gasteiger partial charge on any atom is -0.335 e. The number of halogens is 1. The lowest BCUT2D eigenvalue weighted by atomic mass is 9.91. The van der Waals surface area contributed by atoms with Gasteiger partial charge in [-0.3, -0.25) is 4.90 Å². The van der Waals surface area contributed by atoms with E-state index >= 15 is 0 Å². The molecule has 0 saturated heterocycles. The van der Waals surface area contributed by atoms with Gasteiger partial charge in [0.25, 0.3) is 0 Å². The molecule has 0 atom stereocenters. The number of carbonyl (C=O) groups is 2. The van der Waals surface area contributed by atoms with Crippen molar-refractivity contribution in [2.24, 2.45) is 0 Å². The normalized spacial score (nSPS) is 17.4. The molecule has 4 amide bonds. The number of hydrogen-bond acceptors (Lipinski definition) is 2. The van der Waals surface area contributed by atoms with Gasteiger partial charge in [-0.15, -0.1) is 0 Å². The van der Waals surface area contributed by atoms with Crippen molar-refractivity contribution in [3.05, 3.63) is 95.5 Å². The third-order valence-corrected chi connectivity index (χ3v) is 6.39. The van der Waals surface area contributed by atoms with Crippen molar-refractivity contribution in [3.63, 3.8) is 0 Å². The predicted octanol–water partition coefficient (Wildman–Crippen LogP) is 6.00. The highest BCUT2D eigenvalue weighted by Gasteiger charge is 2.26. The van der Waals surface area contributed by atoms with E-state index in [1.54, 1.807) is 4.90 Å². The van der Waals surface area contributed by atoms with E-state index in [-0.39, 0.29) is 24.1 Å². The molecular weight excluding hydrogens is 448 g/mol. The topological polar surface area (TPSA) is 73.5 Å². The van der Waals surface area contributed by atoms with Crippen LogP contribution in [0.5, 0.6) is 0 Å². The van der Waals surface area contributed by atoms with Crippen molar-refractivity contribution in [3.8, 4) is 0 Å². The molecule has 1 saturated carbocycles. The Morgan fingerprint density at radius 3 is 1.79 bits per heavy atom. The van der Waals surface area contributed by atoms with E-state index in [4.69, 9.17) is 11.6 Å².